The number of benzene rings is 2. The number of ether oxygens (including phenoxy) is 2. The molecule has 0 saturated carbocycles. The number of carbonyl (C=O) groups is 1. The molecule has 6 nitrogen and oxygen atoms in total. The lowest BCUT2D eigenvalue weighted by molar-refractivity contribution is 0.0531. The van der Waals surface area contributed by atoms with E-state index in [2.05, 4.69) is 15.2 Å². The van der Waals surface area contributed by atoms with Gasteiger partial charge in [-0.25, -0.2) is 13.6 Å². The van der Waals surface area contributed by atoms with Gasteiger partial charge in [0.25, 0.3) is 0 Å². The minimum atomic E-state index is -0.608. The zero-order valence-corrected chi connectivity index (χ0v) is 19.0. The number of hydrogen-bond acceptors (Lipinski definition) is 5. The smallest absolute Gasteiger partial charge is 0.411 e. The molecule has 2 aromatic carbocycles. The highest BCUT2D eigenvalue weighted by atomic mass is 19.1. The van der Waals surface area contributed by atoms with Gasteiger partial charge in [0.15, 0.2) is 0 Å². The highest BCUT2D eigenvalue weighted by molar-refractivity contribution is 5.83. The van der Waals surface area contributed by atoms with Crippen molar-refractivity contribution >= 4 is 23.1 Å². The van der Waals surface area contributed by atoms with Gasteiger partial charge < -0.3 is 14.4 Å². The standard InChI is InChI=1S/C26H27F2N3O3/c1-33-22-3-5-25-23(17-22)18(6-11-29-25)8-13-31-14-9-21(10-15-31)34-26(32)30-12-7-19-16-20(27)2-4-24(19)28/h2-7,11-12,16-17,21H,8-10,13-15H2,1H3,(H,30,32). The average molecular weight is 468 g/mol. The number of likely N-dealkylation sites (tertiary alicyclic amines) is 1. The summed E-state index contributed by atoms with van der Waals surface area (Å²) in [4.78, 5) is 18.8. The molecule has 1 amide bonds. The zero-order chi connectivity index (χ0) is 23.9. The van der Waals surface area contributed by atoms with Crippen LogP contribution in [0.4, 0.5) is 13.6 Å². The maximum atomic E-state index is 13.6. The fourth-order valence-electron chi connectivity index (χ4n) is 4.08. The molecule has 34 heavy (non-hydrogen) atoms. The van der Waals surface area contributed by atoms with Crippen LogP contribution in [0.3, 0.4) is 0 Å². The number of carbonyl (C=O) groups excluding carboxylic acids is 1. The van der Waals surface area contributed by atoms with Crippen LogP contribution in [0.5, 0.6) is 5.75 Å². The van der Waals surface area contributed by atoms with Gasteiger partial charge >= 0.3 is 6.09 Å². The number of nitrogens with zero attached hydrogens (tertiary/aromatic N) is 2. The molecule has 0 unspecified atom stereocenters. The van der Waals surface area contributed by atoms with Gasteiger partial charge in [-0.15, -0.1) is 0 Å². The van der Waals surface area contributed by atoms with E-state index in [9.17, 15) is 13.6 Å². The Morgan fingerprint density at radius 2 is 2.00 bits per heavy atom. The molecule has 1 fully saturated rings. The van der Waals surface area contributed by atoms with Crippen molar-refractivity contribution in [3.05, 3.63) is 77.6 Å². The van der Waals surface area contributed by atoms with Gasteiger partial charge in [-0.05, 0) is 73.4 Å². The summed E-state index contributed by atoms with van der Waals surface area (Å²) in [5, 5.41) is 3.55. The van der Waals surface area contributed by atoms with E-state index in [0.29, 0.717) is 0 Å². The molecule has 1 N–H and O–H groups in total. The van der Waals surface area contributed by atoms with Crippen LogP contribution >= 0.6 is 0 Å². The van der Waals surface area contributed by atoms with Crippen molar-refractivity contribution in [1.29, 1.82) is 0 Å². The molecule has 0 atom stereocenters. The fourth-order valence-corrected chi connectivity index (χ4v) is 4.08. The van der Waals surface area contributed by atoms with Gasteiger partial charge in [-0.2, -0.15) is 0 Å². The quantitative estimate of drug-likeness (QED) is 0.534. The van der Waals surface area contributed by atoms with Crippen LogP contribution in [0.2, 0.25) is 0 Å². The lowest BCUT2D eigenvalue weighted by atomic mass is 10.0. The summed E-state index contributed by atoms with van der Waals surface area (Å²) in [6, 6.07) is 11.1. The van der Waals surface area contributed by atoms with Crippen molar-refractivity contribution in [2.24, 2.45) is 0 Å². The first-order chi connectivity index (χ1) is 16.5. The maximum Gasteiger partial charge on any atom is 0.411 e. The number of fused-ring (bicyclic) bond motifs is 1. The van der Waals surface area contributed by atoms with Crippen molar-refractivity contribution in [2.75, 3.05) is 26.7 Å². The van der Waals surface area contributed by atoms with E-state index >= 15 is 0 Å². The van der Waals surface area contributed by atoms with Crippen molar-refractivity contribution in [1.82, 2.24) is 15.2 Å². The van der Waals surface area contributed by atoms with Crippen LogP contribution in [0, 0.1) is 11.6 Å². The van der Waals surface area contributed by atoms with Gasteiger partial charge in [-0.1, -0.05) is 0 Å². The SMILES string of the molecule is COc1ccc2nccc(CCN3CCC(OC(=O)NC=Cc4cc(F)ccc4F)CC3)c2c1. The third-order valence-corrected chi connectivity index (χ3v) is 5.97. The number of methoxy groups -OCH3 is 1. The Kier molecular flexibility index (Phi) is 7.69. The Bertz CT molecular complexity index is 1180. The monoisotopic (exact) mass is 467 g/mol. The van der Waals surface area contributed by atoms with Gasteiger partial charge in [0, 0.05) is 43.0 Å². The molecule has 1 aliphatic heterocycles. The van der Waals surface area contributed by atoms with E-state index in [1.54, 1.807) is 7.11 Å². The first-order valence-corrected chi connectivity index (χ1v) is 11.2. The number of rotatable bonds is 7. The lowest BCUT2D eigenvalue weighted by Gasteiger charge is -2.31. The van der Waals surface area contributed by atoms with E-state index in [1.807, 2.05) is 30.5 Å². The molecule has 0 radical (unpaired) electrons. The molecule has 0 bridgehead atoms. The number of pyridine rings is 1. The summed E-state index contributed by atoms with van der Waals surface area (Å²) in [7, 11) is 1.66. The van der Waals surface area contributed by atoms with Gasteiger partial charge in [0.05, 0.1) is 12.6 Å². The van der Waals surface area contributed by atoms with Crippen LogP contribution < -0.4 is 10.1 Å². The number of amides is 1. The summed E-state index contributed by atoms with van der Waals surface area (Å²) in [6.45, 7) is 2.56. The second kappa shape index (κ2) is 11.1. The van der Waals surface area contributed by atoms with E-state index in [4.69, 9.17) is 9.47 Å². The van der Waals surface area contributed by atoms with Gasteiger partial charge in [0.2, 0.25) is 0 Å². The highest BCUT2D eigenvalue weighted by Gasteiger charge is 2.22. The minimum Gasteiger partial charge on any atom is -0.497 e. The van der Waals surface area contributed by atoms with E-state index in [0.717, 1.165) is 73.7 Å². The second-order valence-corrected chi connectivity index (χ2v) is 8.19. The molecule has 2 heterocycles. The number of hydrogen-bond donors (Lipinski definition) is 1. The first kappa shape index (κ1) is 23.6. The Hall–Kier alpha value is -3.52. The number of nitrogens with one attached hydrogen (secondary N) is 1. The predicted octanol–water partition coefficient (Wildman–Crippen LogP) is 4.93. The maximum absolute atomic E-state index is 13.6. The zero-order valence-electron chi connectivity index (χ0n) is 19.0. The summed E-state index contributed by atoms with van der Waals surface area (Å²) in [5.41, 5.74) is 2.22. The van der Waals surface area contributed by atoms with Crippen LogP contribution in [-0.2, 0) is 11.2 Å². The molecule has 0 spiro atoms. The molecule has 8 heteroatoms. The summed E-state index contributed by atoms with van der Waals surface area (Å²) in [5.74, 6) is -0.305. The summed E-state index contributed by atoms with van der Waals surface area (Å²) < 4.78 is 37.6. The lowest BCUT2D eigenvalue weighted by Crippen LogP contribution is -2.39. The average Bonchev–Trinajstić information content (AvgIpc) is 2.85. The molecule has 3 aromatic rings. The van der Waals surface area contributed by atoms with Gasteiger partial charge in [0.1, 0.15) is 23.5 Å². The fraction of sp³-hybridized carbons (Fsp3) is 0.308. The highest BCUT2D eigenvalue weighted by Crippen LogP contribution is 2.23. The second-order valence-electron chi connectivity index (χ2n) is 8.19. The molecule has 1 saturated heterocycles. The first-order valence-electron chi connectivity index (χ1n) is 11.2. The van der Waals surface area contributed by atoms with E-state index in [-0.39, 0.29) is 11.7 Å². The molecular formula is C26H27F2N3O3. The van der Waals surface area contributed by atoms with Crippen LogP contribution in [0.25, 0.3) is 17.0 Å². The number of alkyl carbamates (subject to hydrolysis) is 1. The summed E-state index contributed by atoms with van der Waals surface area (Å²) in [6.07, 6.45) is 5.95. The molecule has 178 valence electrons. The molecule has 1 aliphatic rings. The topological polar surface area (TPSA) is 63.7 Å². The molecule has 1 aromatic heterocycles. The molecular weight excluding hydrogens is 440 g/mol. The predicted molar refractivity (Wildman–Crippen MR) is 126 cm³/mol. The van der Waals surface area contributed by atoms with Crippen LogP contribution in [-0.4, -0.2) is 48.8 Å². The Balaban J connectivity index is 1.22. The van der Waals surface area contributed by atoms with Crippen molar-refractivity contribution in [3.63, 3.8) is 0 Å². The van der Waals surface area contributed by atoms with Crippen molar-refractivity contribution < 1.29 is 23.0 Å². The largest absolute Gasteiger partial charge is 0.497 e. The van der Waals surface area contributed by atoms with Crippen LogP contribution in [0.1, 0.15) is 24.0 Å². The Labute approximate surface area is 197 Å². The summed E-state index contributed by atoms with van der Waals surface area (Å²) >= 11 is 0. The number of piperidine rings is 1. The van der Waals surface area contributed by atoms with E-state index < -0.39 is 17.7 Å². The third kappa shape index (κ3) is 6.08. The molecule has 0 aliphatic carbocycles. The Morgan fingerprint density at radius 1 is 1.18 bits per heavy atom. The molecule has 4 rings (SSSR count). The normalized spacial score (nSPS) is 15.0. The van der Waals surface area contributed by atoms with Gasteiger partial charge in [-0.3, -0.25) is 10.3 Å². The third-order valence-electron chi connectivity index (χ3n) is 5.97. The van der Waals surface area contributed by atoms with Crippen LogP contribution in [0.15, 0.2) is 54.9 Å². The number of aromatic nitrogens is 1. The van der Waals surface area contributed by atoms with E-state index in [1.165, 1.54) is 17.8 Å². The van der Waals surface area contributed by atoms with Crippen molar-refractivity contribution in [3.8, 4) is 5.75 Å². The minimum absolute atomic E-state index is 0.0500. The Morgan fingerprint density at radius 3 is 2.79 bits per heavy atom. The van der Waals surface area contributed by atoms with Crippen molar-refractivity contribution in [2.45, 2.75) is 25.4 Å². The number of halogens is 2.